The van der Waals surface area contributed by atoms with Crippen LogP contribution in [0.25, 0.3) is 0 Å². The van der Waals surface area contributed by atoms with E-state index in [1.54, 1.807) is 6.92 Å². The summed E-state index contributed by atoms with van der Waals surface area (Å²) in [6, 6.07) is 14.4. The number of nitro benzene ring substituents is 1. The van der Waals surface area contributed by atoms with Crippen LogP contribution >= 0.6 is 0 Å². The highest BCUT2D eigenvalue weighted by molar-refractivity contribution is 7.92. The highest BCUT2D eigenvalue weighted by Crippen LogP contribution is 2.23. The van der Waals surface area contributed by atoms with E-state index in [4.69, 9.17) is 0 Å². The number of benzene rings is 3. The number of aryl methyl sites for hydroxylation is 1. The molecule has 0 bridgehead atoms. The third kappa shape index (κ3) is 4.78. The van der Waals surface area contributed by atoms with Crippen molar-refractivity contribution in [3.8, 4) is 0 Å². The highest BCUT2D eigenvalue weighted by Gasteiger charge is 2.20. The molecule has 0 aliphatic rings. The van der Waals surface area contributed by atoms with Crippen molar-refractivity contribution >= 4 is 33.0 Å². The number of nitrogens with zero attached hydrogens (tertiary/aromatic N) is 1. The van der Waals surface area contributed by atoms with Crippen LogP contribution in [0, 0.1) is 22.9 Å². The van der Waals surface area contributed by atoms with Gasteiger partial charge in [0.15, 0.2) is 0 Å². The van der Waals surface area contributed by atoms with Gasteiger partial charge in [0.25, 0.3) is 21.6 Å². The lowest BCUT2D eigenvalue weighted by Gasteiger charge is -2.12. The molecule has 0 radical (unpaired) electrons. The van der Waals surface area contributed by atoms with Crippen molar-refractivity contribution in [2.75, 3.05) is 10.0 Å². The zero-order valence-corrected chi connectivity index (χ0v) is 16.4. The molecule has 10 heteroatoms. The van der Waals surface area contributed by atoms with E-state index in [0.29, 0.717) is 5.56 Å². The molecular weight excluding hydrogens is 413 g/mol. The van der Waals surface area contributed by atoms with Crippen LogP contribution in [-0.2, 0) is 10.0 Å². The molecule has 0 heterocycles. The molecule has 154 valence electrons. The molecule has 0 aromatic heterocycles. The van der Waals surface area contributed by atoms with Gasteiger partial charge in [0.1, 0.15) is 5.82 Å². The van der Waals surface area contributed by atoms with Gasteiger partial charge in [-0.25, -0.2) is 12.8 Å². The van der Waals surface area contributed by atoms with Crippen molar-refractivity contribution in [3.63, 3.8) is 0 Å². The lowest BCUT2D eigenvalue weighted by atomic mass is 10.1. The largest absolute Gasteiger partial charge is 0.322 e. The van der Waals surface area contributed by atoms with E-state index in [9.17, 15) is 27.7 Å². The van der Waals surface area contributed by atoms with Crippen LogP contribution in [0.5, 0.6) is 0 Å². The first-order valence-corrected chi connectivity index (χ1v) is 10.1. The summed E-state index contributed by atoms with van der Waals surface area (Å²) < 4.78 is 41.1. The summed E-state index contributed by atoms with van der Waals surface area (Å²) >= 11 is 0. The molecule has 3 rings (SSSR count). The second kappa shape index (κ2) is 8.29. The van der Waals surface area contributed by atoms with Crippen LogP contribution in [0.1, 0.15) is 15.9 Å². The summed E-state index contributed by atoms with van der Waals surface area (Å²) in [5.41, 5.74) is 0.453. The first kappa shape index (κ1) is 20.9. The van der Waals surface area contributed by atoms with Gasteiger partial charge in [-0.05, 0) is 48.9 Å². The molecule has 3 aromatic rings. The van der Waals surface area contributed by atoms with E-state index in [-0.39, 0.29) is 27.5 Å². The van der Waals surface area contributed by atoms with Gasteiger partial charge in [-0.15, -0.1) is 0 Å². The summed E-state index contributed by atoms with van der Waals surface area (Å²) in [6.07, 6.45) is 0. The quantitative estimate of drug-likeness (QED) is 0.452. The molecule has 0 unspecified atom stereocenters. The third-order valence-corrected chi connectivity index (χ3v) is 5.65. The van der Waals surface area contributed by atoms with Gasteiger partial charge in [-0.3, -0.25) is 19.6 Å². The number of anilines is 2. The first-order chi connectivity index (χ1) is 14.2. The minimum atomic E-state index is -4.09. The summed E-state index contributed by atoms with van der Waals surface area (Å²) in [5, 5.41) is 13.4. The van der Waals surface area contributed by atoms with Crippen LogP contribution < -0.4 is 10.0 Å². The third-order valence-electron chi connectivity index (χ3n) is 4.13. The SMILES string of the molecule is Cc1ccc(C(=O)Nc2cccc([N+](=O)[O-])c2)cc1S(=O)(=O)Nc1cccc(F)c1. The molecule has 0 saturated carbocycles. The molecule has 2 N–H and O–H groups in total. The summed E-state index contributed by atoms with van der Waals surface area (Å²) in [4.78, 5) is 22.7. The Kier molecular flexibility index (Phi) is 5.79. The topological polar surface area (TPSA) is 118 Å². The average molecular weight is 429 g/mol. The molecular formula is C20H16FN3O5S. The lowest BCUT2D eigenvalue weighted by molar-refractivity contribution is -0.384. The molecule has 0 aliphatic carbocycles. The fourth-order valence-corrected chi connectivity index (χ4v) is 4.01. The summed E-state index contributed by atoms with van der Waals surface area (Å²) in [5.74, 6) is -1.24. The van der Waals surface area contributed by atoms with Crippen LogP contribution in [0.2, 0.25) is 0 Å². The first-order valence-electron chi connectivity index (χ1n) is 8.60. The Bertz CT molecular complexity index is 1240. The van der Waals surface area contributed by atoms with Gasteiger partial charge >= 0.3 is 0 Å². The monoisotopic (exact) mass is 429 g/mol. The predicted molar refractivity (Wildman–Crippen MR) is 109 cm³/mol. The number of non-ortho nitro benzene ring substituents is 1. The van der Waals surface area contributed by atoms with Gasteiger partial charge in [-0.2, -0.15) is 0 Å². The Morgan fingerprint density at radius 2 is 1.70 bits per heavy atom. The maximum atomic E-state index is 13.3. The van der Waals surface area contributed by atoms with Crippen LogP contribution in [0.15, 0.2) is 71.6 Å². The number of amides is 1. The van der Waals surface area contributed by atoms with Gasteiger partial charge in [-0.1, -0.05) is 18.2 Å². The highest BCUT2D eigenvalue weighted by atomic mass is 32.2. The van der Waals surface area contributed by atoms with Crippen LogP contribution in [-0.4, -0.2) is 19.2 Å². The molecule has 0 saturated heterocycles. The van der Waals surface area contributed by atoms with Crippen molar-refractivity contribution in [3.05, 3.63) is 93.8 Å². The number of nitro groups is 1. The molecule has 0 fully saturated rings. The number of carbonyl (C=O) groups is 1. The molecule has 0 atom stereocenters. The van der Waals surface area contributed by atoms with Crippen LogP contribution in [0.4, 0.5) is 21.5 Å². The zero-order valence-electron chi connectivity index (χ0n) is 15.6. The fraction of sp³-hybridized carbons (Fsp3) is 0.0500. The number of hydrogen-bond donors (Lipinski definition) is 2. The Morgan fingerprint density at radius 3 is 2.40 bits per heavy atom. The molecule has 1 amide bonds. The zero-order chi connectivity index (χ0) is 21.9. The van der Waals surface area contributed by atoms with Crippen molar-refractivity contribution < 1.29 is 22.5 Å². The second-order valence-electron chi connectivity index (χ2n) is 6.36. The van der Waals surface area contributed by atoms with Crippen LogP contribution in [0.3, 0.4) is 0 Å². The maximum absolute atomic E-state index is 13.3. The number of hydrogen-bond acceptors (Lipinski definition) is 5. The van der Waals surface area contributed by atoms with E-state index in [1.807, 2.05) is 0 Å². The maximum Gasteiger partial charge on any atom is 0.271 e. The Balaban J connectivity index is 1.88. The summed E-state index contributed by atoms with van der Waals surface area (Å²) in [6.45, 7) is 1.56. The molecule has 3 aromatic carbocycles. The molecule has 0 aliphatic heterocycles. The molecule has 0 spiro atoms. The Labute approximate surface area is 171 Å². The number of rotatable bonds is 6. The van der Waals surface area contributed by atoms with E-state index in [2.05, 4.69) is 10.0 Å². The van der Waals surface area contributed by atoms with E-state index >= 15 is 0 Å². The van der Waals surface area contributed by atoms with E-state index in [1.165, 1.54) is 60.7 Å². The predicted octanol–water partition coefficient (Wildman–Crippen LogP) is 4.10. The standard InChI is InChI=1S/C20H16FN3O5S/c1-13-8-9-14(20(25)22-16-5-3-7-18(12-16)24(26)27)10-19(13)30(28,29)23-17-6-2-4-15(21)11-17/h2-12,23H,1H3,(H,22,25). The van der Waals surface area contributed by atoms with E-state index in [0.717, 1.165) is 6.07 Å². The van der Waals surface area contributed by atoms with Crippen molar-refractivity contribution in [1.29, 1.82) is 0 Å². The second-order valence-corrected chi connectivity index (χ2v) is 8.01. The normalized spacial score (nSPS) is 11.0. The van der Waals surface area contributed by atoms with Gasteiger partial charge < -0.3 is 5.32 Å². The molecule has 8 nitrogen and oxygen atoms in total. The van der Waals surface area contributed by atoms with Crippen molar-refractivity contribution in [2.45, 2.75) is 11.8 Å². The minimum Gasteiger partial charge on any atom is -0.322 e. The van der Waals surface area contributed by atoms with Gasteiger partial charge in [0, 0.05) is 23.4 Å². The van der Waals surface area contributed by atoms with Gasteiger partial charge in [0.2, 0.25) is 0 Å². The Hall–Kier alpha value is -3.79. The van der Waals surface area contributed by atoms with Crippen molar-refractivity contribution in [1.82, 2.24) is 0 Å². The molecule has 30 heavy (non-hydrogen) atoms. The average Bonchev–Trinajstić information content (AvgIpc) is 2.68. The Morgan fingerprint density at radius 1 is 1.00 bits per heavy atom. The smallest absolute Gasteiger partial charge is 0.271 e. The number of sulfonamides is 1. The number of halogens is 1. The fourth-order valence-electron chi connectivity index (χ4n) is 2.69. The number of nitrogens with one attached hydrogen (secondary N) is 2. The lowest BCUT2D eigenvalue weighted by Crippen LogP contribution is -2.17. The van der Waals surface area contributed by atoms with Crippen molar-refractivity contribution in [2.24, 2.45) is 0 Å². The van der Waals surface area contributed by atoms with Gasteiger partial charge in [0.05, 0.1) is 15.5 Å². The minimum absolute atomic E-state index is 0.0340. The van der Waals surface area contributed by atoms with E-state index < -0.39 is 26.7 Å². The summed E-state index contributed by atoms with van der Waals surface area (Å²) in [7, 11) is -4.09. The number of carbonyl (C=O) groups excluding carboxylic acids is 1.